The van der Waals surface area contributed by atoms with Gasteiger partial charge in [0.25, 0.3) is 0 Å². The summed E-state index contributed by atoms with van der Waals surface area (Å²) < 4.78 is 5.37. The van der Waals surface area contributed by atoms with Gasteiger partial charge in [0.2, 0.25) is 0 Å². The van der Waals surface area contributed by atoms with Crippen molar-refractivity contribution in [1.82, 2.24) is 5.32 Å². The normalized spacial score (nSPS) is 11.0. The molecule has 1 aromatic carbocycles. The van der Waals surface area contributed by atoms with Crippen molar-refractivity contribution in [3.63, 3.8) is 0 Å². The molecule has 108 valence electrons. The number of nitrogens with one attached hydrogen (secondary N) is 1. The summed E-state index contributed by atoms with van der Waals surface area (Å²) >= 11 is 0. The van der Waals surface area contributed by atoms with Crippen molar-refractivity contribution in [2.75, 3.05) is 18.5 Å². The minimum atomic E-state index is 0.689. The third kappa shape index (κ3) is 4.42. The summed E-state index contributed by atoms with van der Waals surface area (Å²) in [6.45, 7) is 7.22. The van der Waals surface area contributed by atoms with Gasteiger partial charge in [0.1, 0.15) is 5.76 Å². The second-order valence-electron chi connectivity index (χ2n) is 5.63. The quantitative estimate of drug-likeness (QED) is 0.833. The van der Waals surface area contributed by atoms with Crippen LogP contribution >= 0.6 is 0 Å². The van der Waals surface area contributed by atoms with E-state index in [-0.39, 0.29) is 0 Å². The van der Waals surface area contributed by atoms with E-state index < -0.39 is 0 Å². The summed E-state index contributed by atoms with van der Waals surface area (Å²) in [5.41, 5.74) is 2.52. The van der Waals surface area contributed by atoms with Crippen LogP contribution in [0, 0.1) is 5.92 Å². The zero-order valence-electron chi connectivity index (χ0n) is 12.6. The molecule has 0 saturated heterocycles. The number of furan rings is 1. The van der Waals surface area contributed by atoms with Crippen molar-refractivity contribution in [2.24, 2.45) is 5.92 Å². The van der Waals surface area contributed by atoms with E-state index in [1.165, 1.54) is 11.3 Å². The van der Waals surface area contributed by atoms with Crippen LogP contribution in [-0.4, -0.2) is 13.6 Å². The fraction of sp³-hybridized carbons (Fsp3) is 0.412. The number of rotatable bonds is 7. The van der Waals surface area contributed by atoms with Gasteiger partial charge in [-0.3, -0.25) is 0 Å². The van der Waals surface area contributed by atoms with E-state index in [4.69, 9.17) is 4.42 Å². The molecule has 3 heteroatoms. The molecule has 0 radical (unpaired) electrons. The van der Waals surface area contributed by atoms with Crippen molar-refractivity contribution in [2.45, 2.75) is 26.9 Å². The van der Waals surface area contributed by atoms with Crippen LogP contribution in [0.3, 0.4) is 0 Å². The highest BCUT2D eigenvalue weighted by molar-refractivity contribution is 5.47. The Morgan fingerprint density at radius 2 is 1.90 bits per heavy atom. The van der Waals surface area contributed by atoms with Gasteiger partial charge in [-0.05, 0) is 42.3 Å². The maximum Gasteiger partial charge on any atom is 0.123 e. The van der Waals surface area contributed by atoms with Gasteiger partial charge in [0, 0.05) is 19.3 Å². The van der Waals surface area contributed by atoms with E-state index in [2.05, 4.69) is 55.4 Å². The maximum absolute atomic E-state index is 5.37. The largest absolute Gasteiger partial charge is 0.467 e. The molecule has 0 bridgehead atoms. The number of anilines is 1. The third-order valence-electron chi connectivity index (χ3n) is 3.23. The van der Waals surface area contributed by atoms with Gasteiger partial charge in [-0.25, -0.2) is 0 Å². The Balaban J connectivity index is 1.87. The molecule has 1 N–H and O–H groups in total. The SMILES string of the molecule is CC(C)CNCc1ccc(N(C)Cc2ccco2)cc1. The van der Waals surface area contributed by atoms with Crippen molar-refractivity contribution >= 4 is 5.69 Å². The molecule has 0 aliphatic carbocycles. The summed E-state index contributed by atoms with van der Waals surface area (Å²) in [4.78, 5) is 2.18. The Hall–Kier alpha value is -1.74. The first-order chi connectivity index (χ1) is 9.65. The number of nitrogens with zero attached hydrogens (tertiary/aromatic N) is 1. The molecular weight excluding hydrogens is 248 g/mol. The summed E-state index contributed by atoms with van der Waals surface area (Å²) in [6.07, 6.45) is 1.71. The van der Waals surface area contributed by atoms with E-state index >= 15 is 0 Å². The summed E-state index contributed by atoms with van der Waals surface area (Å²) in [5, 5.41) is 3.46. The molecule has 0 aliphatic heterocycles. The van der Waals surface area contributed by atoms with Crippen LogP contribution in [-0.2, 0) is 13.1 Å². The number of hydrogen-bond donors (Lipinski definition) is 1. The molecule has 0 amide bonds. The van der Waals surface area contributed by atoms with Crippen molar-refractivity contribution in [3.8, 4) is 0 Å². The first-order valence-corrected chi connectivity index (χ1v) is 7.18. The molecule has 1 aromatic heterocycles. The molecule has 2 rings (SSSR count). The van der Waals surface area contributed by atoms with E-state index in [9.17, 15) is 0 Å². The number of benzene rings is 1. The summed E-state index contributed by atoms with van der Waals surface area (Å²) in [6, 6.07) is 12.6. The molecule has 0 fully saturated rings. The molecular formula is C17H24N2O. The average molecular weight is 272 g/mol. The zero-order valence-corrected chi connectivity index (χ0v) is 12.6. The van der Waals surface area contributed by atoms with Crippen LogP contribution in [0.25, 0.3) is 0 Å². The molecule has 0 atom stereocenters. The highest BCUT2D eigenvalue weighted by Gasteiger charge is 2.04. The van der Waals surface area contributed by atoms with Crippen molar-refractivity contribution in [3.05, 3.63) is 54.0 Å². The van der Waals surface area contributed by atoms with Crippen LogP contribution in [0.2, 0.25) is 0 Å². The van der Waals surface area contributed by atoms with Gasteiger partial charge in [0.15, 0.2) is 0 Å². The van der Waals surface area contributed by atoms with Crippen molar-refractivity contribution < 1.29 is 4.42 Å². The Bertz CT molecular complexity index is 488. The molecule has 0 unspecified atom stereocenters. The highest BCUT2D eigenvalue weighted by Crippen LogP contribution is 2.16. The molecule has 0 spiro atoms. The molecule has 2 aromatic rings. The number of hydrogen-bond acceptors (Lipinski definition) is 3. The predicted octanol–water partition coefficient (Wildman–Crippen LogP) is 3.66. The van der Waals surface area contributed by atoms with Gasteiger partial charge in [-0.2, -0.15) is 0 Å². The molecule has 20 heavy (non-hydrogen) atoms. The van der Waals surface area contributed by atoms with Crippen LogP contribution in [0.1, 0.15) is 25.2 Å². The van der Waals surface area contributed by atoms with Crippen LogP contribution in [0.5, 0.6) is 0 Å². The lowest BCUT2D eigenvalue weighted by Crippen LogP contribution is -2.19. The molecule has 3 nitrogen and oxygen atoms in total. The lowest BCUT2D eigenvalue weighted by Gasteiger charge is -2.18. The van der Waals surface area contributed by atoms with Crippen molar-refractivity contribution in [1.29, 1.82) is 0 Å². The first kappa shape index (κ1) is 14.7. The van der Waals surface area contributed by atoms with E-state index in [0.29, 0.717) is 5.92 Å². The van der Waals surface area contributed by atoms with Gasteiger partial charge in [-0.1, -0.05) is 26.0 Å². The fourth-order valence-electron chi connectivity index (χ4n) is 2.10. The highest BCUT2D eigenvalue weighted by atomic mass is 16.3. The Kier molecular flexibility index (Phi) is 5.24. The van der Waals surface area contributed by atoms with E-state index in [1.807, 2.05) is 12.1 Å². The van der Waals surface area contributed by atoms with Gasteiger partial charge < -0.3 is 14.6 Å². The summed E-state index contributed by atoms with van der Waals surface area (Å²) in [7, 11) is 2.08. The van der Waals surface area contributed by atoms with Gasteiger partial charge in [0.05, 0.1) is 12.8 Å². The third-order valence-corrected chi connectivity index (χ3v) is 3.23. The Morgan fingerprint density at radius 1 is 1.15 bits per heavy atom. The minimum Gasteiger partial charge on any atom is -0.467 e. The van der Waals surface area contributed by atoms with Crippen LogP contribution in [0.4, 0.5) is 5.69 Å². The second kappa shape index (κ2) is 7.15. The monoisotopic (exact) mass is 272 g/mol. The topological polar surface area (TPSA) is 28.4 Å². The maximum atomic E-state index is 5.37. The van der Waals surface area contributed by atoms with Gasteiger partial charge >= 0.3 is 0 Å². The Morgan fingerprint density at radius 3 is 2.50 bits per heavy atom. The predicted molar refractivity (Wildman–Crippen MR) is 83.8 cm³/mol. The van der Waals surface area contributed by atoms with E-state index in [0.717, 1.165) is 25.4 Å². The standard InChI is InChI=1S/C17H24N2O/c1-14(2)11-18-12-15-6-8-16(9-7-15)19(3)13-17-5-4-10-20-17/h4-10,14,18H,11-13H2,1-3H3. The minimum absolute atomic E-state index is 0.689. The van der Waals surface area contributed by atoms with E-state index in [1.54, 1.807) is 6.26 Å². The lowest BCUT2D eigenvalue weighted by molar-refractivity contribution is 0.507. The first-order valence-electron chi connectivity index (χ1n) is 7.18. The van der Waals surface area contributed by atoms with Crippen LogP contribution < -0.4 is 10.2 Å². The second-order valence-corrected chi connectivity index (χ2v) is 5.63. The smallest absolute Gasteiger partial charge is 0.123 e. The molecule has 0 aliphatic rings. The Labute approximate surface area is 121 Å². The fourth-order valence-corrected chi connectivity index (χ4v) is 2.10. The molecule has 0 saturated carbocycles. The zero-order chi connectivity index (χ0) is 14.4. The lowest BCUT2D eigenvalue weighted by atomic mass is 10.1. The summed E-state index contributed by atoms with van der Waals surface area (Å²) in [5.74, 6) is 1.67. The van der Waals surface area contributed by atoms with Crippen LogP contribution in [0.15, 0.2) is 47.1 Å². The average Bonchev–Trinajstić information content (AvgIpc) is 2.92. The molecule has 1 heterocycles. The van der Waals surface area contributed by atoms with Gasteiger partial charge in [-0.15, -0.1) is 0 Å².